The third-order valence-electron chi connectivity index (χ3n) is 1.81. The number of hydrogen-bond acceptors (Lipinski definition) is 4. The molecule has 1 rings (SSSR count). The maximum atomic E-state index is 11.2. The molecule has 0 saturated carbocycles. The van der Waals surface area contributed by atoms with Gasteiger partial charge >= 0.3 is 12.2 Å². The van der Waals surface area contributed by atoms with E-state index >= 15 is 0 Å². The molecule has 102 valence electrons. The van der Waals surface area contributed by atoms with Crippen molar-refractivity contribution in [2.45, 2.75) is 26.2 Å². The summed E-state index contributed by atoms with van der Waals surface area (Å²) in [7, 11) is -2.02. The van der Waals surface area contributed by atoms with Crippen LogP contribution in [0, 0.1) is 0 Å². The lowest BCUT2D eigenvalue weighted by molar-refractivity contribution is 0.147. The predicted molar refractivity (Wildman–Crippen MR) is 71.3 cm³/mol. The fourth-order valence-electron chi connectivity index (χ4n) is 1.11. The van der Waals surface area contributed by atoms with Crippen LogP contribution in [0.25, 0.3) is 0 Å². The molecule has 0 aliphatic heterocycles. The molecule has 0 radical (unpaired) electrons. The second kappa shape index (κ2) is 6.79. The Kier molecular flexibility index (Phi) is 5.37. The Labute approximate surface area is 112 Å². The molecule has 1 aromatic carbocycles. The van der Waals surface area contributed by atoms with Crippen molar-refractivity contribution in [2.24, 2.45) is 10.2 Å². The zero-order valence-corrected chi connectivity index (χ0v) is 12.1. The number of azo groups is 1. The largest absolute Gasteiger partial charge is 0.502 e. The molecule has 0 aliphatic rings. The fourth-order valence-corrected chi connectivity index (χ4v) is 1.68. The van der Waals surface area contributed by atoms with Crippen LogP contribution in [0.5, 0.6) is 0 Å². The second-order valence-corrected chi connectivity index (χ2v) is 9.15. The number of rotatable bonds is 3. The Balaban J connectivity index is 2.37. The average Bonchev–Trinajstić information content (AvgIpc) is 2.33. The molecule has 0 aliphatic carbocycles. The number of ether oxygens (including phenoxy) is 1. The van der Waals surface area contributed by atoms with E-state index < -0.39 is 20.5 Å². The lowest BCUT2D eigenvalue weighted by Gasteiger charge is -2.13. The summed E-state index contributed by atoms with van der Waals surface area (Å²) in [4.78, 5) is 22.4. The monoisotopic (exact) mass is 280 g/mol. The highest BCUT2D eigenvalue weighted by Crippen LogP contribution is 2.05. The van der Waals surface area contributed by atoms with Crippen LogP contribution in [0.4, 0.5) is 9.59 Å². The van der Waals surface area contributed by atoms with Crippen molar-refractivity contribution in [3.63, 3.8) is 0 Å². The molecule has 6 nitrogen and oxygen atoms in total. The molecule has 0 heterocycles. The number of carbonyl (C=O) groups excluding carboxylic acids is 2. The van der Waals surface area contributed by atoms with E-state index in [4.69, 9.17) is 9.16 Å². The van der Waals surface area contributed by atoms with Crippen molar-refractivity contribution in [1.29, 1.82) is 0 Å². The molecule has 0 fully saturated rings. The Hall–Kier alpha value is -2.02. The van der Waals surface area contributed by atoms with Crippen LogP contribution >= 0.6 is 0 Å². The van der Waals surface area contributed by atoms with Crippen LogP contribution in [0.15, 0.2) is 40.6 Å². The van der Waals surface area contributed by atoms with E-state index in [9.17, 15) is 9.59 Å². The third kappa shape index (κ3) is 7.09. The van der Waals surface area contributed by atoms with Gasteiger partial charge in [-0.2, -0.15) is 0 Å². The summed E-state index contributed by atoms with van der Waals surface area (Å²) in [5.41, 5.74) is 0.829. The van der Waals surface area contributed by atoms with Crippen molar-refractivity contribution < 1.29 is 18.8 Å². The van der Waals surface area contributed by atoms with Crippen molar-refractivity contribution in [1.82, 2.24) is 0 Å². The van der Waals surface area contributed by atoms with Gasteiger partial charge in [-0.15, -0.1) is 0 Å². The standard InChI is InChI=1S/C12H16N2O4Si/c1-19(2,3)18-12(16)14-13-11(15)17-9-10-7-5-4-6-8-10/h4-8H,9H2,1-3H3. The Morgan fingerprint density at radius 2 is 1.63 bits per heavy atom. The summed E-state index contributed by atoms with van der Waals surface area (Å²) in [6, 6.07) is 9.14. The van der Waals surface area contributed by atoms with Gasteiger partial charge in [-0.1, -0.05) is 40.6 Å². The first-order chi connectivity index (χ1) is 8.87. The maximum absolute atomic E-state index is 11.2. The lowest BCUT2D eigenvalue weighted by atomic mass is 10.2. The first-order valence-electron chi connectivity index (χ1n) is 5.72. The Morgan fingerprint density at radius 1 is 1.05 bits per heavy atom. The summed E-state index contributed by atoms with van der Waals surface area (Å²) in [6.07, 6.45) is -1.78. The van der Waals surface area contributed by atoms with Gasteiger partial charge in [0.1, 0.15) is 6.61 Å². The molecule has 2 amide bonds. The Morgan fingerprint density at radius 3 is 2.21 bits per heavy atom. The molecule has 0 atom stereocenters. The Bertz CT molecular complexity index is 468. The lowest BCUT2D eigenvalue weighted by Crippen LogP contribution is -2.27. The van der Waals surface area contributed by atoms with Crippen molar-refractivity contribution >= 4 is 20.5 Å². The molecular weight excluding hydrogens is 264 g/mol. The molecule has 0 aromatic heterocycles. The highest BCUT2D eigenvalue weighted by molar-refractivity contribution is 6.71. The van der Waals surface area contributed by atoms with Gasteiger partial charge in [-0.3, -0.25) is 0 Å². The first kappa shape index (κ1) is 15.0. The maximum Gasteiger partial charge on any atom is 0.452 e. The minimum Gasteiger partial charge on any atom is -0.502 e. The van der Waals surface area contributed by atoms with Gasteiger partial charge < -0.3 is 9.16 Å². The van der Waals surface area contributed by atoms with E-state index in [1.165, 1.54) is 0 Å². The van der Waals surface area contributed by atoms with E-state index in [1.54, 1.807) is 0 Å². The van der Waals surface area contributed by atoms with Gasteiger partial charge in [0.25, 0.3) is 0 Å². The van der Waals surface area contributed by atoms with Crippen molar-refractivity contribution in [2.75, 3.05) is 0 Å². The zero-order valence-electron chi connectivity index (χ0n) is 11.1. The van der Waals surface area contributed by atoms with Crippen LogP contribution in [-0.4, -0.2) is 20.5 Å². The van der Waals surface area contributed by atoms with E-state index in [1.807, 2.05) is 50.0 Å². The van der Waals surface area contributed by atoms with Crippen LogP contribution in [0.1, 0.15) is 5.56 Å². The van der Waals surface area contributed by atoms with Crippen LogP contribution in [0.3, 0.4) is 0 Å². The number of amides is 2. The molecule has 0 N–H and O–H groups in total. The van der Waals surface area contributed by atoms with Crippen LogP contribution < -0.4 is 0 Å². The number of carbonyl (C=O) groups is 2. The zero-order chi connectivity index (χ0) is 14.3. The molecule has 7 heteroatoms. The smallest absolute Gasteiger partial charge is 0.452 e. The van der Waals surface area contributed by atoms with E-state index in [0.29, 0.717) is 0 Å². The first-order valence-corrected chi connectivity index (χ1v) is 9.13. The second-order valence-electron chi connectivity index (χ2n) is 4.72. The van der Waals surface area contributed by atoms with Gasteiger partial charge in [0.2, 0.25) is 8.32 Å². The highest BCUT2D eigenvalue weighted by Gasteiger charge is 2.19. The third-order valence-corrected chi connectivity index (χ3v) is 2.60. The molecule has 19 heavy (non-hydrogen) atoms. The van der Waals surface area contributed by atoms with E-state index in [0.717, 1.165) is 5.56 Å². The quantitative estimate of drug-likeness (QED) is 0.624. The normalized spacial score (nSPS) is 11.3. The van der Waals surface area contributed by atoms with Crippen molar-refractivity contribution in [3.8, 4) is 0 Å². The average molecular weight is 280 g/mol. The van der Waals surface area contributed by atoms with Crippen LogP contribution in [-0.2, 0) is 15.8 Å². The fraction of sp³-hybridized carbons (Fsp3) is 0.333. The van der Waals surface area contributed by atoms with E-state index in [-0.39, 0.29) is 6.61 Å². The van der Waals surface area contributed by atoms with Gasteiger partial charge in [0, 0.05) is 0 Å². The minimum atomic E-state index is -2.02. The predicted octanol–water partition coefficient (Wildman–Crippen LogP) is 3.75. The van der Waals surface area contributed by atoms with E-state index in [2.05, 4.69) is 10.2 Å². The van der Waals surface area contributed by atoms with Gasteiger partial charge in [-0.25, -0.2) is 9.59 Å². The summed E-state index contributed by atoms with van der Waals surface area (Å²) in [5, 5.41) is 6.28. The summed E-state index contributed by atoms with van der Waals surface area (Å²) in [5.74, 6) is 0. The molecule has 0 unspecified atom stereocenters. The minimum absolute atomic E-state index is 0.0851. The molecule has 0 saturated heterocycles. The van der Waals surface area contributed by atoms with Crippen LogP contribution in [0.2, 0.25) is 19.6 Å². The molecule has 1 aromatic rings. The van der Waals surface area contributed by atoms with Gasteiger partial charge in [-0.05, 0) is 25.2 Å². The number of benzene rings is 1. The molecular formula is C12H16N2O4Si. The summed E-state index contributed by atoms with van der Waals surface area (Å²) >= 11 is 0. The number of nitrogens with zero attached hydrogens (tertiary/aromatic N) is 2. The highest BCUT2D eigenvalue weighted by atomic mass is 28.4. The SMILES string of the molecule is C[Si](C)(C)OC(=O)N=NC(=O)OCc1ccccc1. The molecule has 0 spiro atoms. The molecule has 0 bridgehead atoms. The van der Waals surface area contributed by atoms with Crippen molar-refractivity contribution in [3.05, 3.63) is 35.9 Å². The van der Waals surface area contributed by atoms with Gasteiger partial charge in [0.15, 0.2) is 0 Å². The summed E-state index contributed by atoms with van der Waals surface area (Å²) in [6.45, 7) is 5.57. The number of hydrogen-bond donors (Lipinski definition) is 0. The van der Waals surface area contributed by atoms with Gasteiger partial charge in [0.05, 0.1) is 0 Å². The summed E-state index contributed by atoms with van der Waals surface area (Å²) < 4.78 is 9.80. The topological polar surface area (TPSA) is 77.3 Å².